The maximum atomic E-state index is 13.6. The van der Waals surface area contributed by atoms with Crippen molar-refractivity contribution in [2.75, 3.05) is 7.05 Å². The zero-order valence-electron chi connectivity index (χ0n) is 10.3. The summed E-state index contributed by atoms with van der Waals surface area (Å²) in [6.45, 7) is 2.02. The van der Waals surface area contributed by atoms with E-state index in [1.807, 2.05) is 18.4 Å². The Morgan fingerprint density at radius 1 is 1.28 bits per heavy atom. The van der Waals surface area contributed by atoms with Crippen molar-refractivity contribution in [2.24, 2.45) is 0 Å². The van der Waals surface area contributed by atoms with Crippen molar-refractivity contribution in [3.8, 4) is 0 Å². The van der Waals surface area contributed by atoms with Crippen molar-refractivity contribution < 1.29 is 8.78 Å². The molecule has 0 amide bonds. The van der Waals surface area contributed by atoms with Gasteiger partial charge in [0.05, 0.1) is 0 Å². The molecular weight excluding hydrogens is 252 g/mol. The first-order chi connectivity index (χ1) is 8.61. The highest BCUT2D eigenvalue weighted by atomic mass is 32.1. The van der Waals surface area contributed by atoms with Crippen molar-refractivity contribution >= 4 is 11.3 Å². The van der Waals surface area contributed by atoms with Crippen LogP contribution in [0.25, 0.3) is 0 Å². The standard InChI is InChI=1S/C14H15F2NS/c1-9-6-10(8-18-9)14(17-2)7-11-12(15)4-3-5-13(11)16/h3-6,8,14,17H,7H2,1-2H3. The van der Waals surface area contributed by atoms with Crippen LogP contribution < -0.4 is 5.32 Å². The first kappa shape index (κ1) is 13.2. The summed E-state index contributed by atoms with van der Waals surface area (Å²) in [5.41, 5.74) is 1.21. The summed E-state index contributed by atoms with van der Waals surface area (Å²) in [5, 5.41) is 5.13. The van der Waals surface area contributed by atoms with E-state index < -0.39 is 11.6 Å². The number of likely N-dealkylation sites (N-methyl/N-ethyl adjacent to an activating group) is 1. The Balaban J connectivity index is 2.26. The minimum absolute atomic E-state index is 0.0682. The van der Waals surface area contributed by atoms with E-state index >= 15 is 0 Å². The normalized spacial score (nSPS) is 12.7. The lowest BCUT2D eigenvalue weighted by Crippen LogP contribution is -2.19. The molecular formula is C14H15F2NS. The third-order valence-electron chi connectivity index (χ3n) is 2.97. The predicted octanol–water partition coefficient (Wildman–Crippen LogP) is 3.84. The van der Waals surface area contributed by atoms with Crippen LogP contribution in [0.1, 0.15) is 22.0 Å². The second kappa shape index (κ2) is 5.59. The van der Waals surface area contributed by atoms with Gasteiger partial charge in [-0.15, -0.1) is 11.3 Å². The van der Waals surface area contributed by atoms with Crippen molar-refractivity contribution in [2.45, 2.75) is 19.4 Å². The molecule has 1 aromatic carbocycles. The molecule has 18 heavy (non-hydrogen) atoms. The van der Waals surface area contributed by atoms with E-state index in [2.05, 4.69) is 5.32 Å². The monoisotopic (exact) mass is 267 g/mol. The van der Waals surface area contributed by atoms with E-state index in [0.717, 1.165) is 5.56 Å². The maximum absolute atomic E-state index is 13.6. The summed E-state index contributed by atoms with van der Waals surface area (Å²) >= 11 is 1.64. The molecule has 4 heteroatoms. The number of thiophene rings is 1. The summed E-state index contributed by atoms with van der Waals surface area (Å²) in [7, 11) is 1.80. The van der Waals surface area contributed by atoms with Gasteiger partial charge < -0.3 is 5.32 Å². The average Bonchev–Trinajstić information content (AvgIpc) is 2.76. The molecule has 0 spiro atoms. The SMILES string of the molecule is CNC(Cc1c(F)cccc1F)c1csc(C)c1. The van der Waals surface area contributed by atoms with Crippen LogP contribution in [0.5, 0.6) is 0 Å². The molecule has 0 saturated heterocycles. The minimum atomic E-state index is -0.484. The highest BCUT2D eigenvalue weighted by Crippen LogP contribution is 2.25. The first-order valence-corrected chi connectivity index (χ1v) is 6.65. The van der Waals surface area contributed by atoms with E-state index in [9.17, 15) is 8.78 Å². The Hall–Kier alpha value is -1.26. The van der Waals surface area contributed by atoms with Gasteiger partial charge in [-0.2, -0.15) is 0 Å². The Labute approximate surface area is 109 Å². The Kier molecular flexibility index (Phi) is 4.09. The zero-order chi connectivity index (χ0) is 13.1. The van der Waals surface area contributed by atoms with Gasteiger partial charge in [0, 0.05) is 16.5 Å². The molecule has 1 atom stereocenters. The van der Waals surface area contributed by atoms with Crippen LogP contribution in [0.3, 0.4) is 0 Å². The number of rotatable bonds is 4. The Bertz CT molecular complexity index is 516. The van der Waals surface area contributed by atoms with E-state index in [-0.39, 0.29) is 11.6 Å². The summed E-state index contributed by atoms with van der Waals surface area (Å²) < 4.78 is 27.2. The van der Waals surface area contributed by atoms with Crippen LogP contribution in [-0.4, -0.2) is 7.05 Å². The van der Waals surface area contributed by atoms with Gasteiger partial charge in [-0.1, -0.05) is 6.07 Å². The van der Waals surface area contributed by atoms with Crippen molar-refractivity contribution in [1.29, 1.82) is 0 Å². The van der Waals surface area contributed by atoms with E-state index in [1.54, 1.807) is 18.4 Å². The Morgan fingerprint density at radius 3 is 2.44 bits per heavy atom. The largest absolute Gasteiger partial charge is 0.313 e. The fourth-order valence-corrected chi connectivity index (χ4v) is 2.72. The van der Waals surface area contributed by atoms with Gasteiger partial charge in [0.2, 0.25) is 0 Å². The number of benzene rings is 1. The molecule has 0 radical (unpaired) electrons. The predicted molar refractivity (Wildman–Crippen MR) is 70.9 cm³/mol. The minimum Gasteiger partial charge on any atom is -0.313 e. The number of aryl methyl sites for hydroxylation is 1. The van der Waals surface area contributed by atoms with Gasteiger partial charge in [-0.25, -0.2) is 8.78 Å². The first-order valence-electron chi connectivity index (χ1n) is 5.77. The van der Waals surface area contributed by atoms with Crippen LogP contribution in [0.15, 0.2) is 29.6 Å². The number of nitrogens with one attached hydrogen (secondary N) is 1. The van der Waals surface area contributed by atoms with Crippen LogP contribution >= 0.6 is 11.3 Å². The van der Waals surface area contributed by atoms with Gasteiger partial charge in [-0.05, 0) is 49.5 Å². The van der Waals surface area contributed by atoms with Gasteiger partial charge in [0.15, 0.2) is 0 Å². The molecule has 1 heterocycles. The highest BCUT2D eigenvalue weighted by Gasteiger charge is 2.16. The van der Waals surface area contributed by atoms with Crippen molar-refractivity contribution in [3.05, 3.63) is 57.3 Å². The molecule has 96 valence electrons. The zero-order valence-corrected chi connectivity index (χ0v) is 11.2. The molecule has 2 aromatic rings. The number of halogens is 2. The molecule has 2 rings (SSSR count). The van der Waals surface area contributed by atoms with E-state index in [1.165, 1.54) is 23.1 Å². The molecule has 0 saturated carbocycles. The van der Waals surface area contributed by atoms with Crippen LogP contribution in [-0.2, 0) is 6.42 Å². The fourth-order valence-electron chi connectivity index (χ4n) is 1.96. The van der Waals surface area contributed by atoms with E-state index in [0.29, 0.717) is 6.42 Å². The number of hydrogen-bond donors (Lipinski definition) is 1. The molecule has 0 fully saturated rings. The summed E-state index contributed by atoms with van der Waals surface area (Å²) in [6, 6.07) is 5.96. The van der Waals surface area contributed by atoms with Gasteiger partial charge in [-0.3, -0.25) is 0 Å². The quantitative estimate of drug-likeness (QED) is 0.887. The molecule has 0 aliphatic carbocycles. The van der Waals surface area contributed by atoms with Crippen LogP contribution in [0.2, 0.25) is 0 Å². The molecule has 0 aliphatic rings. The summed E-state index contributed by atoms with van der Waals surface area (Å²) in [5.74, 6) is -0.968. The topological polar surface area (TPSA) is 12.0 Å². The Morgan fingerprint density at radius 2 is 1.94 bits per heavy atom. The van der Waals surface area contributed by atoms with E-state index in [4.69, 9.17) is 0 Å². The lowest BCUT2D eigenvalue weighted by Gasteiger charge is -2.16. The maximum Gasteiger partial charge on any atom is 0.129 e. The van der Waals surface area contributed by atoms with Gasteiger partial charge in [0.25, 0.3) is 0 Å². The van der Waals surface area contributed by atoms with Crippen LogP contribution in [0.4, 0.5) is 8.78 Å². The molecule has 1 nitrogen and oxygen atoms in total. The second-order valence-corrected chi connectivity index (χ2v) is 5.35. The molecule has 1 N–H and O–H groups in total. The second-order valence-electron chi connectivity index (χ2n) is 4.24. The summed E-state index contributed by atoms with van der Waals surface area (Å²) in [6.07, 6.45) is 0.311. The van der Waals surface area contributed by atoms with Crippen LogP contribution in [0, 0.1) is 18.6 Å². The molecule has 1 unspecified atom stereocenters. The summed E-state index contributed by atoms with van der Waals surface area (Å²) in [4.78, 5) is 1.19. The van der Waals surface area contributed by atoms with Gasteiger partial charge >= 0.3 is 0 Å². The van der Waals surface area contributed by atoms with Crippen molar-refractivity contribution in [3.63, 3.8) is 0 Å². The smallest absolute Gasteiger partial charge is 0.129 e. The highest BCUT2D eigenvalue weighted by molar-refractivity contribution is 7.10. The molecule has 0 bridgehead atoms. The molecule has 1 aromatic heterocycles. The average molecular weight is 267 g/mol. The van der Waals surface area contributed by atoms with Crippen molar-refractivity contribution in [1.82, 2.24) is 5.32 Å². The molecule has 0 aliphatic heterocycles. The third kappa shape index (κ3) is 2.76. The number of hydrogen-bond acceptors (Lipinski definition) is 2. The fraction of sp³-hybridized carbons (Fsp3) is 0.286. The third-order valence-corrected chi connectivity index (χ3v) is 3.85. The van der Waals surface area contributed by atoms with Gasteiger partial charge in [0.1, 0.15) is 11.6 Å². The lowest BCUT2D eigenvalue weighted by molar-refractivity contribution is 0.516. The lowest BCUT2D eigenvalue weighted by atomic mass is 10.00.